The number of esters is 1. The highest BCUT2D eigenvalue weighted by molar-refractivity contribution is 6.01. The van der Waals surface area contributed by atoms with Gasteiger partial charge >= 0.3 is 5.97 Å². The van der Waals surface area contributed by atoms with Crippen molar-refractivity contribution in [1.82, 2.24) is 4.98 Å². The first-order valence-corrected chi connectivity index (χ1v) is 11.7. The van der Waals surface area contributed by atoms with Gasteiger partial charge in [0.25, 0.3) is 0 Å². The van der Waals surface area contributed by atoms with E-state index < -0.39 is 6.10 Å². The normalized spacial score (nSPS) is 42.5. The van der Waals surface area contributed by atoms with Crippen LogP contribution in [0.4, 0.5) is 5.82 Å². The topological polar surface area (TPSA) is 103 Å². The highest BCUT2D eigenvalue weighted by Crippen LogP contribution is 2.65. The predicted octanol–water partition coefficient (Wildman–Crippen LogP) is 3.71. The molecule has 3 saturated carbocycles. The lowest BCUT2D eigenvalue weighted by molar-refractivity contribution is -0.133. The highest BCUT2D eigenvalue weighted by Gasteiger charge is 2.64. The number of anilines is 1. The van der Waals surface area contributed by atoms with Gasteiger partial charge in [0.15, 0.2) is 5.78 Å². The zero-order valence-corrected chi connectivity index (χ0v) is 19.0. The van der Waals surface area contributed by atoms with Gasteiger partial charge in [-0.2, -0.15) is 0 Å². The van der Waals surface area contributed by atoms with Crippen molar-refractivity contribution in [2.24, 2.45) is 34.5 Å². The maximum atomic E-state index is 12.9. The van der Waals surface area contributed by atoms with Crippen molar-refractivity contribution in [1.29, 1.82) is 0 Å². The average Bonchev–Trinajstić information content (AvgIpc) is 2.98. The number of aromatic nitrogens is 1. The molecule has 0 saturated heterocycles. The van der Waals surface area contributed by atoms with Gasteiger partial charge in [-0.3, -0.25) is 4.79 Å². The molecule has 8 atom stereocenters. The minimum atomic E-state index is -0.518. The third-order valence-corrected chi connectivity index (χ3v) is 8.97. The van der Waals surface area contributed by atoms with Crippen LogP contribution in [0.5, 0.6) is 0 Å². The third-order valence-electron chi connectivity index (χ3n) is 8.97. The fraction of sp³-hybridized carbons (Fsp3) is 0.577. The van der Waals surface area contributed by atoms with Crippen LogP contribution in [0.2, 0.25) is 0 Å². The molecule has 32 heavy (non-hydrogen) atoms. The van der Waals surface area contributed by atoms with E-state index in [2.05, 4.69) is 25.8 Å². The number of aliphatic hydroxyl groups is 1. The summed E-state index contributed by atoms with van der Waals surface area (Å²) in [5, 5.41) is 11.5. The second-order valence-corrected chi connectivity index (χ2v) is 10.8. The molecule has 170 valence electrons. The van der Waals surface area contributed by atoms with Crippen molar-refractivity contribution < 1.29 is 19.4 Å². The summed E-state index contributed by atoms with van der Waals surface area (Å²) in [6.07, 6.45) is 9.59. The summed E-state index contributed by atoms with van der Waals surface area (Å²) in [7, 11) is 0. The number of hydrogen-bond donors (Lipinski definition) is 2. The fourth-order valence-electron chi connectivity index (χ4n) is 7.66. The number of hydrogen-bond acceptors (Lipinski definition) is 6. The molecule has 0 spiro atoms. The first-order chi connectivity index (χ1) is 15.1. The standard InChI is InChI=1S/C26H32N2O4/c1-14-10-19-18-5-4-16-12-17(29)6-8-25(16,2)22(18)20(30)13-26(19,3)23(14)32-24(31)15-7-9-28-21(27)11-15/h6-9,11-12,14,18-20,22-23,30H,4-5,10,13H2,1-3H3,(H2,27,28). The van der Waals surface area contributed by atoms with Gasteiger partial charge in [-0.1, -0.05) is 32.4 Å². The van der Waals surface area contributed by atoms with Crippen molar-refractivity contribution >= 4 is 17.6 Å². The van der Waals surface area contributed by atoms with Crippen LogP contribution in [0.3, 0.4) is 0 Å². The Labute approximate surface area is 188 Å². The summed E-state index contributed by atoms with van der Waals surface area (Å²) in [4.78, 5) is 28.9. The Balaban J connectivity index is 1.44. The molecule has 0 radical (unpaired) electrons. The number of carbonyl (C=O) groups excluding carboxylic acids is 2. The lowest BCUT2D eigenvalue weighted by Gasteiger charge is -2.58. The minimum absolute atomic E-state index is 0.0456. The van der Waals surface area contributed by atoms with Gasteiger partial charge < -0.3 is 15.6 Å². The molecule has 3 N–H and O–H groups in total. The molecule has 1 heterocycles. The number of pyridine rings is 1. The average molecular weight is 437 g/mol. The Morgan fingerprint density at radius 3 is 2.88 bits per heavy atom. The maximum absolute atomic E-state index is 12.9. The summed E-state index contributed by atoms with van der Waals surface area (Å²) < 4.78 is 6.11. The van der Waals surface area contributed by atoms with E-state index in [4.69, 9.17) is 10.5 Å². The Morgan fingerprint density at radius 2 is 2.12 bits per heavy atom. The monoisotopic (exact) mass is 436 g/mol. The van der Waals surface area contributed by atoms with Gasteiger partial charge in [0, 0.05) is 22.9 Å². The van der Waals surface area contributed by atoms with Crippen LogP contribution in [-0.4, -0.2) is 34.1 Å². The first kappa shape index (κ1) is 21.4. The molecule has 0 bridgehead atoms. The number of rotatable bonds is 2. The van der Waals surface area contributed by atoms with Gasteiger partial charge in [0.2, 0.25) is 0 Å². The van der Waals surface area contributed by atoms with E-state index in [9.17, 15) is 14.7 Å². The van der Waals surface area contributed by atoms with Gasteiger partial charge in [-0.05, 0) is 67.7 Å². The predicted molar refractivity (Wildman–Crippen MR) is 120 cm³/mol. The number of nitrogen functional groups attached to an aromatic ring is 1. The molecule has 4 aliphatic carbocycles. The summed E-state index contributed by atoms with van der Waals surface area (Å²) in [5.74, 6) is 0.909. The second-order valence-electron chi connectivity index (χ2n) is 10.8. The van der Waals surface area contributed by atoms with E-state index in [1.807, 2.05) is 6.08 Å². The summed E-state index contributed by atoms with van der Waals surface area (Å²) >= 11 is 0. The van der Waals surface area contributed by atoms with Gasteiger partial charge in [0.05, 0.1) is 11.7 Å². The van der Waals surface area contributed by atoms with Crippen molar-refractivity contribution in [3.05, 3.63) is 47.7 Å². The SMILES string of the molecule is CC1CC2C3CCC4=CC(=O)C=CC4(C)C3C(O)CC2(C)C1OC(=O)c1ccnc(N)c1. The summed E-state index contributed by atoms with van der Waals surface area (Å²) in [6.45, 7) is 6.51. The lowest BCUT2D eigenvalue weighted by atomic mass is 9.47. The second kappa shape index (κ2) is 7.27. The van der Waals surface area contributed by atoms with E-state index >= 15 is 0 Å². The Hall–Kier alpha value is -2.47. The minimum Gasteiger partial charge on any atom is -0.458 e. The van der Waals surface area contributed by atoms with Crippen molar-refractivity contribution in [2.75, 3.05) is 5.73 Å². The van der Waals surface area contributed by atoms with E-state index in [1.165, 1.54) is 6.20 Å². The molecule has 0 aliphatic heterocycles. The van der Waals surface area contributed by atoms with E-state index in [0.717, 1.165) is 24.8 Å². The molecule has 0 amide bonds. The fourth-order valence-corrected chi connectivity index (χ4v) is 7.66. The van der Waals surface area contributed by atoms with Crippen LogP contribution >= 0.6 is 0 Å². The van der Waals surface area contributed by atoms with Crippen LogP contribution in [0.1, 0.15) is 56.8 Å². The molecule has 8 unspecified atom stereocenters. The first-order valence-electron chi connectivity index (χ1n) is 11.7. The smallest absolute Gasteiger partial charge is 0.338 e. The number of carbonyl (C=O) groups is 2. The van der Waals surface area contributed by atoms with Crippen LogP contribution in [0, 0.1) is 34.5 Å². The highest BCUT2D eigenvalue weighted by atomic mass is 16.5. The largest absolute Gasteiger partial charge is 0.458 e. The zero-order valence-electron chi connectivity index (χ0n) is 19.0. The molecule has 1 aromatic rings. The molecule has 0 aromatic carbocycles. The molecule has 1 aromatic heterocycles. The third kappa shape index (κ3) is 3.06. The van der Waals surface area contributed by atoms with Crippen LogP contribution < -0.4 is 5.73 Å². The number of ether oxygens (including phenoxy) is 1. The zero-order chi connectivity index (χ0) is 22.8. The van der Waals surface area contributed by atoms with Gasteiger partial charge in [-0.25, -0.2) is 9.78 Å². The summed E-state index contributed by atoms with van der Waals surface area (Å²) in [6, 6.07) is 3.16. The summed E-state index contributed by atoms with van der Waals surface area (Å²) in [5.41, 5.74) is 6.72. The van der Waals surface area contributed by atoms with Crippen LogP contribution in [0.15, 0.2) is 42.1 Å². The maximum Gasteiger partial charge on any atom is 0.338 e. The van der Waals surface area contributed by atoms with E-state index in [-0.39, 0.29) is 46.3 Å². The molecule has 3 fully saturated rings. The van der Waals surface area contributed by atoms with E-state index in [1.54, 1.807) is 24.3 Å². The number of fused-ring (bicyclic) bond motifs is 5. The van der Waals surface area contributed by atoms with Crippen LogP contribution in [0.25, 0.3) is 0 Å². The quantitative estimate of drug-likeness (QED) is 0.685. The molecule has 4 aliphatic rings. The molecular weight excluding hydrogens is 404 g/mol. The molecule has 6 heteroatoms. The van der Waals surface area contributed by atoms with Gasteiger partial charge in [-0.15, -0.1) is 0 Å². The number of nitrogens with zero attached hydrogens (tertiary/aromatic N) is 1. The Morgan fingerprint density at radius 1 is 1.34 bits per heavy atom. The number of ketones is 1. The van der Waals surface area contributed by atoms with Crippen molar-refractivity contribution in [2.45, 2.75) is 58.7 Å². The van der Waals surface area contributed by atoms with E-state index in [0.29, 0.717) is 23.8 Å². The Bertz CT molecular complexity index is 1030. The van der Waals surface area contributed by atoms with Gasteiger partial charge in [0.1, 0.15) is 11.9 Å². The molecule has 6 nitrogen and oxygen atoms in total. The molecule has 5 rings (SSSR count). The molecular formula is C26H32N2O4. The Kier molecular flexibility index (Phi) is 4.86. The van der Waals surface area contributed by atoms with Crippen molar-refractivity contribution in [3.8, 4) is 0 Å². The van der Waals surface area contributed by atoms with Crippen LogP contribution in [-0.2, 0) is 9.53 Å². The van der Waals surface area contributed by atoms with Crippen molar-refractivity contribution in [3.63, 3.8) is 0 Å². The number of allylic oxidation sites excluding steroid dienone is 4. The lowest BCUT2D eigenvalue weighted by Crippen LogP contribution is -2.57. The number of aliphatic hydroxyl groups excluding tert-OH is 1. The number of nitrogens with two attached hydrogens (primary N) is 1.